The molecule has 1 atom stereocenters. The summed E-state index contributed by atoms with van der Waals surface area (Å²) in [7, 11) is 0. The van der Waals surface area contributed by atoms with Gasteiger partial charge in [0, 0.05) is 25.0 Å². The molecule has 3 heterocycles. The van der Waals surface area contributed by atoms with E-state index in [4.69, 9.17) is 12.2 Å². The molecule has 0 saturated carbocycles. The van der Waals surface area contributed by atoms with E-state index in [1.54, 1.807) is 15.9 Å². The Kier molecular flexibility index (Phi) is 6.11. The first-order valence-corrected chi connectivity index (χ1v) is 10.5. The SMILES string of the molecule is CC(C)NC(=O)C1CCN(C(=O)C(C)n2c(-c3cccs3)n[nH]c2=S)CC1. The highest BCUT2D eigenvalue weighted by Crippen LogP contribution is 2.27. The van der Waals surface area contributed by atoms with Crippen molar-refractivity contribution in [2.45, 2.75) is 45.7 Å². The molecule has 0 bridgehead atoms. The van der Waals surface area contributed by atoms with Crippen molar-refractivity contribution in [3.63, 3.8) is 0 Å². The summed E-state index contributed by atoms with van der Waals surface area (Å²) in [5.41, 5.74) is 0. The van der Waals surface area contributed by atoms with Crippen molar-refractivity contribution in [1.82, 2.24) is 25.0 Å². The Morgan fingerprint density at radius 2 is 2.04 bits per heavy atom. The molecule has 2 aromatic rings. The smallest absolute Gasteiger partial charge is 0.245 e. The van der Waals surface area contributed by atoms with E-state index >= 15 is 0 Å². The second kappa shape index (κ2) is 8.35. The maximum absolute atomic E-state index is 13.0. The quantitative estimate of drug-likeness (QED) is 0.747. The molecule has 0 radical (unpaired) electrons. The van der Waals surface area contributed by atoms with Crippen molar-refractivity contribution in [2.24, 2.45) is 5.92 Å². The zero-order valence-electron chi connectivity index (χ0n) is 15.8. The van der Waals surface area contributed by atoms with E-state index in [1.807, 2.05) is 43.2 Å². The summed E-state index contributed by atoms with van der Waals surface area (Å²) >= 11 is 6.92. The number of carbonyl (C=O) groups is 2. The van der Waals surface area contributed by atoms with E-state index in [2.05, 4.69) is 15.5 Å². The third kappa shape index (κ3) is 4.30. The predicted molar refractivity (Wildman–Crippen MR) is 108 cm³/mol. The zero-order valence-corrected chi connectivity index (χ0v) is 17.4. The Balaban J connectivity index is 1.69. The molecule has 0 aliphatic carbocycles. The number of hydrogen-bond donors (Lipinski definition) is 2. The van der Waals surface area contributed by atoms with E-state index in [9.17, 15) is 9.59 Å². The number of nitrogens with one attached hydrogen (secondary N) is 2. The van der Waals surface area contributed by atoms with E-state index in [-0.39, 0.29) is 23.8 Å². The second-order valence-corrected chi connectivity index (χ2v) is 8.47. The van der Waals surface area contributed by atoms with E-state index in [0.717, 1.165) is 4.88 Å². The average molecular weight is 408 g/mol. The topological polar surface area (TPSA) is 83.0 Å². The normalized spacial score (nSPS) is 16.5. The van der Waals surface area contributed by atoms with Crippen molar-refractivity contribution >= 4 is 35.4 Å². The molecular formula is C18H25N5O2S2. The number of aromatic amines is 1. The molecule has 9 heteroatoms. The van der Waals surface area contributed by atoms with Crippen LogP contribution in [0.5, 0.6) is 0 Å². The van der Waals surface area contributed by atoms with E-state index < -0.39 is 6.04 Å². The summed E-state index contributed by atoms with van der Waals surface area (Å²) in [6, 6.07) is 3.59. The molecule has 2 amide bonds. The first kappa shape index (κ1) is 19.8. The number of amides is 2. The maximum atomic E-state index is 13.0. The molecule has 2 N–H and O–H groups in total. The number of thiophene rings is 1. The van der Waals surface area contributed by atoms with Crippen LogP contribution >= 0.6 is 23.6 Å². The highest BCUT2D eigenvalue weighted by atomic mass is 32.1. The lowest BCUT2D eigenvalue weighted by molar-refractivity contribution is -0.138. The minimum Gasteiger partial charge on any atom is -0.354 e. The fourth-order valence-electron chi connectivity index (χ4n) is 3.38. The molecule has 1 saturated heterocycles. The summed E-state index contributed by atoms with van der Waals surface area (Å²) in [6.45, 7) is 6.93. The Morgan fingerprint density at radius 3 is 2.63 bits per heavy atom. The van der Waals surface area contributed by atoms with Crippen LogP contribution in [-0.4, -0.2) is 50.6 Å². The first-order valence-electron chi connectivity index (χ1n) is 9.18. The van der Waals surface area contributed by atoms with Crippen LogP contribution in [0.2, 0.25) is 0 Å². The van der Waals surface area contributed by atoms with Gasteiger partial charge in [0.15, 0.2) is 10.6 Å². The van der Waals surface area contributed by atoms with Crippen LogP contribution < -0.4 is 5.32 Å². The van der Waals surface area contributed by atoms with Crippen molar-refractivity contribution in [3.05, 3.63) is 22.3 Å². The summed E-state index contributed by atoms with van der Waals surface area (Å²) in [5, 5.41) is 12.0. The zero-order chi connectivity index (χ0) is 19.6. The van der Waals surface area contributed by atoms with Crippen LogP contribution in [0.4, 0.5) is 0 Å². The maximum Gasteiger partial charge on any atom is 0.245 e. The number of likely N-dealkylation sites (tertiary alicyclic amines) is 1. The van der Waals surface area contributed by atoms with Gasteiger partial charge in [0.1, 0.15) is 6.04 Å². The number of H-pyrrole nitrogens is 1. The minimum absolute atomic E-state index is 0.00743. The largest absolute Gasteiger partial charge is 0.354 e. The lowest BCUT2D eigenvalue weighted by Gasteiger charge is -2.33. The van der Waals surface area contributed by atoms with Gasteiger partial charge in [-0.05, 0) is 57.3 Å². The van der Waals surface area contributed by atoms with Gasteiger partial charge in [-0.3, -0.25) is 19.3 Å². The highest BCUT2D eigenvalue weighted by molar-refractivity contribution is 7.71. The molecule has 1 aliphatic rings. The Labute approximate surface area is 167 Å². The van der Waals surface area contributed by atoms with Crippen molar-refractivity contribution < 1.29 is 9.59 Å². The lowest BCUT2D eigenvalue weighted by atomic mass is 9.95. The first-order chi connectivity index (χ1) is 12.9. The average Bonchev–Trinajstić information content (AvgIpc) is 3.29. The van der Waals surface area contributed by atoms with Gasteiger partial charge in [0.25, 0.3) is 0 Å². The summed E-state index contributed by atoms with van der Waals surface area (Å²) in [6.07, 6.45) is 1.37. The fourth-order valence-corrected chi connectivity index (χ4v) is 4.38. The molecule has 1 fully saturated rings. The minimum atomic E-state index is -0.450. The van der Waals surface area contributed by atoms with Crippen LogP contribution in [0.15, 0.2) is 17.5 Å². The van der Waals surface area contributed by atoms with Gasteiger partial charge in [0.2, 0.25) is 11.8 Å². The molecule has 1 aliphatic heterocycles. The van der Waals surface area contributed by atoms with Crippen LogP contribution in [0.1, 0.15) is 39.7 Å². The molecular weight excluding hydrogens is 382 g/mol. The number of rotatable bonds is 5. The van der Waals surface area contributed by atoms with Crippen molar-refractivity contribution in [2.75, 3.05) is 13.1 Å². The highest BCUT2D eigenvalue weighted by Gasteiger charge is 2.31. The van der Waals surface area contributed by atoms with Gasteiger partial charge < -0.3 is 10.2 Å². The molecule has 2 aromatic heterocycles. The van der Waals surface area contributed by atoms with Crippen molar-refractivity contribution in [3.8, 4) is 10.7 Å². The van der Waals surface area contributed by atoms with Crippen LogP contribution in [0.3, 0.4) is 0 Å². The fraction of sp³-hybridized carbons (Fsp3) is 0.556. The third-order valence-corrected chi connectivity index (χ3v) is 5.95. The number of aromatic nitrogens is 3. The van der Waals surface area contributed by atoms with Gasteiger partial charge in [-0.15, -0.1) is 11.3 Å². The molecule has 7 nitrogen and oxygen atoms in total. The molecule has 3 rings (SSSR count). The number of carbonyl (C=O) groups excluding carboxylic acids is 2. The van der Waals surface area contributed by atoms with E-state index in [1.165, 1.54) is 0 Å². The van der Waals surface area contributed by atoms with Gasteiger partial charge >= 0.3 is 0 Å². The standard InChI is InChI=1S/C18H25N5O2S2/c1-11(2)19-16(24)13-6-8-22(9-7-13)17(25)12(3)23-15(20-21-18(23)26)14-5-4-10-27-14/h4-5,10-13H,6-9H2,1-3H3,(H,19,24)(H,21,26). The van der Waals surface area contributed by atoms with Gasteiger partial charge in [-0.25, -0.2) is 0 Å². The molecule has 0 spiro atoms. The molecule has 1 unspecified atom stereocenters. The van der Waals surface area contributed by atoms with Crippen LogP contribution in [0.25, 0.3) is 10.7 Å². The molecule has 27 heavy (non-hydrogen) atoms. The summed E-state index contributed by atoms with van der Waals surface area (Å²) in [5.74, 6) is 0.752. The Morgan fingerprint density at radius 1 is 1.33 bits per heavy atom. The van der Waals surface area contributed by atoms with Gasteiger partial charge in [0.05, 0.1) is 4.88 Å². The number of nitrogens with zero attached hydrogens (tertiary/aromatic N) is 3. The molecule has 146 valence electrons. The van der Waals surface area contributed by atoms with Crippen molar-refractivity contribution in [1.29, 1.82) is 0 Å². The number of hydrogen-bond acceptors (Lipinski definition) is 5. The third-order valence-electron chi connectivity index (χ3n) is 4.80. The lowest BCUT2D eigenvalue weighted by Crippen LogP contribution is -2.46. The monoisotopic (exact) mass is 407 g/mol. The number of piperidine rings is 1. The Hall–Kier alpha value is -2.00. The summed E-state index contributed by atoms with van der Waals surface area (Å²) < 4.78 is 2.21. The second-order valence-electron chi connectivity index (χ2n) is 7.14. The van der Waals surface area contributed by atoms with E-state index in [0.29, 0.717) is 36.5 Å². The van der Waals surface area contributed by atoms with Crippen LogP contribution in [0, 0.1) is 10.7 Å². The van der Waals surface area contributed by atoms with Gasteiger partial charge in [-0.2, -0.15) is 5.10 Å². The molecule has 0 aromatic carbocycles. The predicted octanol–water partition coefficient (Wildman–Crippen LogP) is 2.99. The summed E-state index contributed by atoms with van der Waals surface area (Å²) in [4.78, 5) is 28.0. The van der Waals surface area contributed by atoms with Crippen LogP contribution in [-0.2, 0) is 9.59 Å². The Bertz CT molecular complexity index is 847. The van der Waals surface area contributed by atoms with Gasteiger partial charge in [-0.1, -0.05) is 6.07 Å².